The van der Waals surface area contributed by atoms with Crippen LogP contribution in [0.15, 0.2) is 0 Å². The predicted molar refractivity (Wildman–Crippen MR) is 73.5 cm³/mol. The number of nitrogens with two attached hydrogens (primary N) is 2. The van der Waals surface area contributed by atoms with Gasteiger partial charge in [0, 0.05) is 19.6 Å². The van der Waals surface area contributed by atoms with E-state index in [0.29, 0.717) is 19.5 Å². The Bertz CT molecular complexity index is 297. The van der Waals surface area contributed by atoms with Gasteiger partial charge in [-0.2, -0.15) is 0 Å². The van der Waals surface area contributed by atoms with Gasteiger partial charge >= 0.3 is 6.03 Å². The molecular formula is C12H25N5O2. The van der Waals surface area contributed by atoms with Gasteiger partial charge in [-0.15, -0.1) is 0 Å². The maximum absolute atomic E-state index is 11.5. The molecule has 0 saturated carbocycles. The van der Waals surface area contributed by atoms with Crippen molar-refractivity contribution in [3.63, 3.8) is 0 Å². The first-order valence-corrected chi connectivity index (χ1v) is 6.82. The van der Waals surface area contributed by atoms with E-state index in [1.54, 1.807) is 4.90 Å². The molecule has 3 amide bonds. The molecule has 7 heteroatoms. The number of nitrogens with one attached hydrogen (secondary N) is 1. The monoisotopic (exact) mass is 271 g/mol. The second-order valence-electron chi connectivity index (χ2n) is 4.75. The van der Waals surface area contributed by atoms with E-state index in [0.717, 1.165) is 19.6 Å². The highest BCUT2D eigenvalue weighted by Crippen LogP contribution is 2.14. The Morgan fingerprint density at radius 1 is 1.32 bits per heavy atom. The Labute approximate surface area is 114 Å². The van der Waals surface area contributed by atoms with Gasteiger partial charge in [0.25, 0.3) is 0 Å². The molecule has 19 heavy (non-hydrogen) atoms. The Kier molecular flexibility index (Phi) is 6.04. The number of hydrogen-bond donors (Lipinski definition) is 3. The molecule has 1 aliphatic heterocycles. The van der Waals surface area contributed by atoms with E-state index < -0.39 is 18.0 Å². The van der Waals surface area contributed by atoms with Crippen LogP contribution in [0.1, 0.15) is 20.3 Å². The van der Waals surface area contributed by atoms with Crippen molar-refractivity contribution in [2.75, 3.05) is 32.7 Å². The van der Waals surface area contributed by atoms with Crippen LogP contribution in [0.3, 0.4) is 0 Å². The summed E-state index contributed by atoms with van der Waals surface area (Å²) in [7, 11) is 0. The number of hydrogen-bond acceptors (Lipinski definition) is 4. The molecule has 0 bridgehead atoms. The molecule has 5 N–H and O–H groups in total. The van der Waals surface area contributed by atoms with Crippen molar-refractivity contribution in [3.05, 3.63) is 0 Å². The van der Waals surface area contributed by atoms with Crippen LogP contribution in [0, 0.1) is 0 Å². The van der Waals surface area contributed by atoms with Gasteiger partial charge < -0.3 is 26.6 Å². The lowest BCUT2D eigenvalue weighted by Crippen LogP contribution is -2.65. The standard InChI is InChI=1S/C12H25N5O2/c1-3-16(4-2)7-5-9-10(11(13)18)15-6-8-17(9)12(14)19/h9-10,15H,3-8H2,1-2H3,(H2,13,18)(H2,14,19). The fourth-order valence-electron chi connectivity index (χ4n) is 2.56. The van der Waals surface area contributed by atoms with Crippen LogP contribution in [0.2, 0.25) is 0 Å². The number of primary amides is 2. The summed E-state index contributed by atoms with van der Waals surface area (Å²) >= 11 is 0. The van der Waals surface area contributed by atoms with E-state index in [1.807, 2.05) is 0 Å². The van der Waals surface area contributed by atoms with Crippen LogP contribution < -0.4 is 16.8 Å². The minimum atomic E-state index is -0.517. The molecule has 1 rings (SSSR count). The molecule has 0 aliphatic carbocycles. The van der Waals surface area contributed by atoms with Crippen LogP contribution in [-0.2, 0) is 4.79 Å². The van der Waals surface area contributed by atoms with Crippen molar-refractivity contribution in [1.82, 2.24) is 15.1 Å². The molecule has 7 nitrogen and oxygen atoms in total. The summed E-state index contributed by atoms with van der Waals surface area (Å²) in [6, 6.07) is -1.27. The Morgan fingerprint density at radius 2 is 1.95 bits per heavy atom. The fraction of sp³-hybridized carbons (Fsp3) is 0.833. The van der Waals surface area contributed by atoms with Gasteiger partial charge in [-0.3, -0.25) is 4.79 Å². The number of carbonyl (C=O) groups is 2. The topological polar surface area (TPSA) is 105 Å². The molecule has 110 valence electrons. The van der Waals surface area contributed by atoms with Crippen LogP contribution >= 0.6 is 0 Å². The smallest absolute Gasteiger partial charge is 0.315 e. The van der Waals surface area contributed by atoms with Crippen LogP contribution in [0.5, 0.6) is 0 Å². The van der Waals surface area contributed by atoms with Crippen LogP contribution in [0.25, 0.3) is 0 Å². The average molecular weight is 271 g/mol. The molecule has 1 saturated heterocycles. The van der Waals surface area contributed by atoms with E-state index in [9.17, 15) is 9.59 Å². The lowest BCUT2D eigenvalue weighted by molar-refractivity contribution is -0.122. The molecule has 2 unspecified atom stereocenters. The summed E-state index contributed by atoms with van der Waals surface area (Å²) in [5, 5.41) is 3.07. The summed E-state index contributed by atoms with van der Waals surface area (Å²) < 4.78 is 0. The van der Waals surface area contributed by atoms with Gasteiger partial charge in [0.05, 0.1) is 6.04 Å². The molecule has 0 radical (unpaired) electrons. The Hall–Kier alpha value is -1.34. The van der Waals surface area contributed by atoms with Crippen LogP contribution in [-0.4, -0.2) is 66.5 Å². The summed E-state index contributed by atoms with van der Waals surface area (Å²) in [6.45, 7) is 7.91. The molecule has 0 aromatic heterocycles. The van der Waals surface area contributed by atoms with Crippen LogP contribution in [0.4, 0.5) is 4.79 Å². The molecule has 0 spiro atoms. The third-order valence-electron chi connectivity index (χ3n) is 3.73. The SMILES string of the molecule is CCN(CC)CCC1C(C(N)=O)NCCN1C(N)=O. The number of urea groups is 1. The second-order valence-corrected chi connectivity index (χ2v) is 4.75. The van der Waals surface area contributed by atoms with Gasteiger partial charge in [0.2, 0.25) is 5.91 Å². The maximum atomic E-state index is 11.5. The van der Waals surface area contributed by atoms with Gasteiger partial charge in [0.1, 0.15) is 6.04 Å². The summed E-state index contributed by atoms with van der Waals surface area (Å²) in [5.41, 5.74) is 10.8. The van der Waals surface area contributed by atoms with E-state index in [-0.39, 0.29) is 6.04 Å². The third-order valence-corrected chi connectivity index (χ3v) is 3.73. The minimum absolute atomic E-state index is 0.260. The van der Waals surface area contributed by atoms with Gasteiger partial charge in [-0.05, 0) is 19.5 Å². The van der Waals surface area contributed by atoms with Crippen molar-refractivity contribution in [1.29, 1.82) is 0 Å². The van der Waals surface area contributed by atoms with E-state index >= 15 is 0 Å². The minimum Gasteiger partial charge on any atom is -0.368 e. The normalized spacial score (nSPS) is 23.6. The summed E-state index contributed by atoms with van der Waals surface area (Å²) in [5.74, 6) is -0.435. The first-order valence-electron chi connectivity index (χ1n) is 6.82. The molecule has 2 atom stereocenters. The number of amides is 3. The summed E-state index contributed by atoms with van der Waals surface area (Å²) in [4.78, 5) is 26.7. The zero-order valence-corrected chi connectivity index (χ0v) is 11.8. The van der Waals surface area contributed by atoms with Crippen molar-refractivity contribution >= 4 is 11.9 Å². The zero-order chi connectivity index (χ0) is 14.4. The maximum Gasteiger partial charge on any atom is 0.315 e. The zero-order valence-electron chi connectivity index (χ0n) is 11.8. The average Bonchev–Trinajstić information content (AvgIpc) is 2.39. The van der Waals surface area contributed by atoms with Gasteiger partial charge in [-0.25, -0.2) is 4.79 Å². The molecule has 0 aromatic carbocycles. The molecule has 0 aromatic rings. The van der Waals surface area contributed by atoms with Crippen molar-refractivity contribution in [2.24, 2.45) is 11.5 Å². The van der Waals surface area contributed by atoms with E-state index in [1.165, 1.54) is 0 Å². The highest BCUT2D eigenvalue weighted by atomic mass is 16.2. The Balaban J connectivity index is 2.73. The molecule has 1 heterocycles. The number of rotatable bonds is 6. The fourth-order valence-corrected chi connectivity index (χ4v) is 2.56. The lowest BCUT2D eigenvalue weighted by Gasteiger charge is -2.40. The third kappa shape index (κ3) is 4.07. The lowest BCUT2D eigenvalue weighted by atomic mass is 9.99. The highest BCUT2D eigenvalue weighted by molar-refractivity contribution is 5.82. The van der Waals surface area contributed by atoms with Crippen molar-refractivity contribution in [2.45, 2.75) is 32.4 Å². The second kappa shape index (κ2) is 7.30. The number of piperazine rings is 1. The Morgan fingerprint density at radius 3 is 2.42 bits per heavy atom. The first-order chi connectivity index (χ1) is 9.01. The van der Waals surface area contributed by atoms with Crippen molar-refractivity contribution < 1.29 is 9.59 Å². The number of nitrogens with zero attached hydrogens (tertiary/aromatic N) is 2. The quantitative estimate of drug-likeness (QED) is 0.572. The van der Waals surface area contributed by atoms with E-state index in [4.69, 9.17) is 11.5 Å². The molecule has 1 fully saturated rings. The predicted octanol–water partition coefficient (Wildman–Crippen LogP) is -1.08. The van der Waals surface area contributed by atoms with Gasteiger partial charge in [-0.1, -0.05) is 13.8 Å². The molecule has 1 aliphatic rings. The van der Waals surface area contributed by atoms with E-state index in [2.05, 4.69) is 24.1 Å². The first kappa shape index (κ1) is 15.7. The summed E-state index contributed by atoms with van der Waals surface area (Å²) in [6.07, 6.45) is 0.686. The van der Waals surface area contributed by atoms with Gasteiger partial charge in [0.15, 0.2) is 0 Å². The molecular weight excluding hydrogens is 246 g/mol. The highest BCUT2D eigenvalue weighted by Gasteiger charge is 2.36. The number of carbonyl (C=O) groups excluding carboxylic acids is 2. The largest absolute Gasteiger partial charge is 0.368 e. The van der Waals surface area contributed by atoms with Crippen molar-refractivity contribution in [3.8, 4) is 0 Å².